The minimum Gasteiger partial charge on any atom is -0.491 e. The lowest BCUT2D eigenvalue weighted by molar-refractivity contribution is 0.0274. The molecule has 2 aromatic heterocycles. The lowest BCUT2D eigenvalue weighted by Crippen LogP contribution is -2.13. The van der Waals surface area contributed by atoms with Gasteiger partial charge < -0.3 is 30.4 Å². The predicted octanol–water partition coefficient (Wildman–Crippen LogP) is 4.28. The molecule has 0 aliphatic heterocycles. The fourth-order valence-electron chi connectivity index (χ4n) is 3.16. The topological polar surface area (TPSA) is 115 Å². The maximum atomic E-state index is 5.73. The molecule has 0 unspecified atom stereocenters. The fraction of sp³-hybridized carbons (Fsp3) is 0.250. The summed E-state index contributed by atoms with van der Waals surface area (Å²) < 4.78 is 22.5. The molecule has 4 rings (SSSR count). The molecule has 10 heteroatoms. The van der Waals surface area contributed by atoms with Crippen molar-refractivity contribution in [2.45, 2.75) is 0 Å². The molecule has 0 amide bonds. The molecule has 0 bridgehead atoms. The number of aromatic nitrogens is 2. The third kappa shape index (κ3) is 7.78. The van der Waals surface area contributed by atoms with Crippen LogP contribution in [0.5, 0.6) is 11.5 Å². The quantitative estimate of drug-likeness (QED) is 0.289. The number of anilines is 2. The number of rotatable bonds is 11. The fourth-order valence-corrected chi connectivity index (χ4v) is 3.16. The number of hydrogen-bond donors (Lipinski definition) is 2. The number of fused-ring (bicyclic) bond motifs is 2. The Morgan fingerprint density at radius 1 is 0.529 bits per heavy atom. The average molecular weight is 507 g/mol. The number of pyridine rings is 2. The standard InChI is InChI=1S/C24H26N4O4.2ClH/c25-23-7-3-17-1-5-19(15-21(17)27-23)31-13-11-29-9-10-30-12-14-32-20-6-2-18-4-8-24(26)28-22(18)16-20;;/h1-8,15-16H,9-14H2,(H2,25,27)(H2,26,28);2*1H. The summed E-state index contributed by atoms with van der Waals surface area (Å²) in [7, 11) is 0. The summed E-state index contributed by atoms with van der Waals surface area (Å²) in [5.41, 5.74) is 13.1. The zero-order valence-electron chi connectivity index (χ0n) is 18.5. The number of nitrogens with zero attached hydrogens (tertiary/aromatic N) is 2. The minimum atomic E-state index is 0. The van der Waals surface area contributed by atoms with E-state index in [0.29, 0.717) is 51.3 Å². The summed E-state index contributed by atoms with van der Waals surface area (Å²) in [6.07, 6.45) is 0. The lowest BCUT2D eigenvalue weighted by Gasteiger charge is -2.09. The van der Waals surface area contributed by atoms with Crippen LogP contribution in [0, 0.1) is 0 Å². The van der Waals surface area contributed by atoms with Gasteiger partial charge >= 0.3 is 0 Å². The summed E-state index contributed by atoms with van der Waals surface area (Å²) in [4.78, 5) is 8.59. The highest BCUT2D eigenvalue weighted by molar-refractivity contribution is 5.85. The van der Waals surface area contributed by atoms with Gasteiger partial charge in [-0.3, -0.25) is 0 Å². The molecular weight excluding hydrogens is 479 g/mol. The van der Waals surface area contributed by atoms with Crippen molar-refractivity contribution in [2.75, 3.05) is 51.1 Å². The summed E-state index contributed by atoms with van der Waals surface area (Å²) in [6.45, 7) is 2.79. The maximum absolute atomic E-state index is 5.73. The van der Waals surface area contributed by atoms with Gasteiger partial charge in [0.2, 0.25) is 0 Å². The number of halogens is 2. The highest BCUT2D eigenvalue weighted by Crippen LogP contribution is 2.21. The molecule has 8 nitrogen and oxygen atoms in total. The van der Waals surface area contributed by atoms with Crippen molar-refractivity contribution >= 4 is 58.3 Å². The Morgan fingerprint density at radius 2 is 0.912 bits per heavy atom. The molecule has 2 heterocycles. The molecule has 0 fully saturated rings. The van der Waals surface area contributed by atoms with Crippen LogP contribution < -0.4 is 20.9 Å². The molecule has 2 aromatic carbocycles. The Morgan fingerprint density at radius 3 is 1.35 bits per heavy atom. The first-order valence-electron chi connectivity index (χ1n) is 10.4. The SMILES string of the molecule is Cl.Cl.Nc1ccc2ccc(OCCOCCOCCOc3ccc4ccc(N)nc4c3)cc2n1. The molecule has 0 aliphatic rings. The van der Waals surface area contributed by atoms with Crippen LogP contribution in [0.3, 0.4) is 0 Å². The average Bonchev–Trinajstić information content (AvgIpc) is 2.79. The van der Waals surface area contributed by atoms with Crippen LogP contribution in [-0.2, 0) is 9.47 Å². The number of nitrogen functional groups attached to an aromatic ring is 2. The van der Waals surface area contributed by atoms with Gasteiger partial charge in [0.15, 0.2) is 0 Å². The van der Waals surface area contributed by atoms with Crippen LogP contribution in [-0.4, -0.2) is 49.6 Å². The normalized spacial score (nSPS) is 10.5. The highest BCUT2D eigenvalue weighted by Gasteiger charge is 2.01. The van der Waals surface area contributed by atoms with Gasteiger partial charge in [-0.15, -0.1) is 24.8 Å². The first-order chi connectivity index (χ1) is 15.7. The van der Waals surface area contributed by atoms with E-state index in [4.69, 9.17) is 30.4 Å². The lowest BCUT2D eigenvalue weighted by atomic mass is 10.2. The van der Waals surface area contributed by atoms with Crippen molar-refractivity contribution in [3.05, 3.63) is 60.7 Å². The van der Waals surface area contributed by atoms with Crippen molar-refractivity contribution in [3.8, 4) is 11.5 Å². The Kier molecular flexibility index (Phi) is 10.9. The molecule has 4 N–H and O–H groups in total. The molecular formula is C24H28Cl2N4O4. The summed E-state index contributed by atoms with van der Waals surface area (Å²) in [6, 6.07) is 18.9. The van der Waals surface area contributed by atoms with Crippen LogP contribution in [0.4, 0.5) is 11.6 Å². The monoisotopic (exact) mass is 506 g/mol. The second-order valence-corrected chi connectivity index (χ2v) is 7.10. The van der Waals surface area contributed by atoms with Crippen molar-refractivity contribution in [1.82, 2.24) is 9.97 Å². The Hall–Kier alpha value is -3.04. The predicted molar refractivity (Wildman–Crippen MR) is 139 cm³/mol. The number of benzene rings is 2. The van der Waals surface area contributed by atoms with Gasteiger partial charge in [-0.2, -0.15) is 0 Å². The third-order valence-electron chi connectivity index (χ3n) is 4.74. The molecule has 0 aliphatic carbocycles. The van der Waals surface area contributed by atoms with Crippen LogP contribution in [0.25, 0.3) is 21.8 Å². The smallest absolute Gasteiger partial charge is 0.124 e. The summed E-state index contributed by atoms with van der Waals surface area (Å²) in [5.74, 6) is 2.45. The molecule has 0 saturated heterocycles. The van der Waals surface area contributed by atoms with Crippen LogP contribution in [0.2, 0.25) is 0 Å². The van der Waals surface area contributed by atoms with Gasteiger partial charge in [0.05, 0.1) is 37.5 Å². The summed E-state index contributed by atoms with van der Waals surface area (Å²) >= 11 is 0. The van der Waals surface area contributed by atoms with Gasteiger partial charge in [-0.25, -0.2) is 9.97 Å². The number of nitrogens with two attached hydrogens (primary N) is 2. The van der Waals surface area contributed by atoms with Crippen LogP contribution >= 0.6 is 24.8 Å². The largest absolute Gasteiger partial charge is 0.491 e. The van der Waals surface area contributed by atoms with E-state index < -0.39 is 0 Å². The number of ether oxygens (including phenoxy) is 4. The van der Waals surface area contributed by atoms with Crippen LogP contribution in [0.1, 0.15) is 0 Å². The Balaban J connectivity index is 0.00000204. The molecule has 0 spiro atoms. The van der Waals surface area contributed by atoms with Gasteiger partial charge in [-0.1, -0.05) is 0 Å². The minimum absolute atomic E-state index is 0. The van der Waals surface area contributed by atoms with Crippen molar-refractivity contribution < 1.29 is 18.9 Å². The van der Waals surface area contributed by atoms with Crippen LogP contribution in [0.15, 0.2) is 60.7 Å². The van der Waals surface area contributed by atoms with Gasteiger partial charge in [-0.05, 0) is 48.5 Å². The van der Waals surface area contributed by atoms with Gasteiger partial charge in [0, 0.05) is 22.9 Å². The van der Waals surface area contributed by atoms with Crippen molar-refractivity contribution in [3.63, 3.8) is 0 Å². The van der Waals surface area contributed by atoms with E-state index in [2.05, 4.69) is 9.97 Å². The molecule has 0 radical (unpaired) electrons. The van der Waals surface area contributed by atoms with Crippen molar-refractivity contribution in [2.24, 2.45) is 0 Å². The van der Waals surface area contributed by atoms with E-state index in [-0.39, 0.29) is 24.8 Å². The molecule has 0 saturated carbocycles. The molecule has 0 atom stereocenters. The zero-order valence-corrected chi connectivity index (χ0v) is 20.1. The summed E-state index contributed by atoms with van der Waals surface area (Å²) in [5, 5.41) is 2.04. The Bertz CT molecular complexity index is 1100. The first kappa shape index (κ1) is 27.2. The highest BCUT2D eigenvalue weighted by atomic mass is 35.5. The van der Waals surface area contributed by atoms with E-state index in [1.165, 1.54) is 0 Å². The Labute approximate surface area is 210 Å². The second kappa shape index (κ2) is 13.6. The number of hydrogen-bond acceptors (Lipinski definition) is 8. The van der Waals surface area contributed by atoms with Gasteiger partial charge in [0.25, 0.3) is 0 Å². The van der Waals surface area contributed by atoms with E-state index in [1.54, 1.807) is 12.1 Å². The zero-order chi connectivity index (χ0) is 22.2. The molecule has 34 heavy (non-hydrogen) atoms. The maximum Gasteiger partial charge on any atom is 0.124 e. The van der Waals surface area contributed by atoms with Crippen molar-refractivity contribution in [1.29, 1.82) is 0 Å². The van der Waals surface area contributed by atoms with E-state index in [0.717, 1.165) is 33.3 Å². The molecule has 182 valence electrons. The van der Waals surface area contributed by atoms with Gasteiger partial charge in [0.1, 0.15) is 36.3 Å². The second-order valence-electron chi connectivity index (χ2n) is 7.10. The molecule has 4 aromatic rings. The van der Waals surface area contributed by atoms with E-state index in [9.17, 15) is 0 Å². The third-order valence-corrected chi connectivity index (χ3v) is 4.74. The first-order valence-corrected chi connectivity index (χ1v) is 10.4. The van der Waals surface area contributed by atoms with E-state index in [1.807, 2.05) is 48.5 Å². The van der Waals surface area contributed by atoms with E-state index >= 15 is 0 Å².